The van der Waals surface area contributed by atoms with E-state index < -0.39 is 11.9 Å². The van der Waals surface area contributed by atoms with E-state index in [1.165, 1.54) is 11.0 Å². The number of aryl methyl sites for hydroxylation is 1. The molecule has 0 bridgehead atoms. The molecule has 0 aliphatic carbocycles. The Hall–Kier alpha value is -4.43. The van der Waals surface area contributed by atoms with Crippen molar-refractivity contribution in [2.24, 2.45) is 0 Å². The number of halogens is 1. The highest BCUT2D eigenvalue weighted by Gasteiger charge is 2.40. The minimum Gasteiger partial charge on any atom is -0.488 e. The van der Waals surface area contributed by atoms with Crippen molar-refractivity contribution in [2.45, 2.75) is 62.1 Å². The van der Waals surface area contributed by atoms with Gasteiger partial charge in [0.25, 0.3) is 5.91 Å². The number of nitrogens with zero attached hydrogens (tertiary/aromatic N) is 4. The van der Waals surface area contributed by atoms with Crippen molar-refractivity contribution in [3.8, 4) is 11.8 Å². The Morgan fingerprint density at radius 2 is 1.93 bits per heavy atom. The smallest absolute Gasteiger partial charge is 0.255 e. The number of hydrogen-bond donors (Lipinski definition) is 1. The summed E-state index contributed by atoms with van der Waals surface area (Å²) in [5, 5.41) is 12.6. The molecule has 3 amide bonds. The number of carbonyl (C=O) groups excluding carboxylic acids is 3. The summed E-state index contributed by atoms with van der Waals surface area (Å²) in [4.78, 5) is 45.4. The standard InChI is InChI=1S/C32H30FN5O4S/c1-19-21(6-10-30(35-19)43-22-11-13-37(14-12-22)26-7-5-20(16-34)15-25(26)33)18-42-28-4-2-3-23-24(28)17-38(32(23)41)27-8-9-29(39)36-31(27)40/h2-7,10,15,22,27H,8-9,11-14,17-18H2,1H3,(H,36,39,40). The van der Waals surface area contributed by atoms with Crippen LogP contribution in [-0.4, -0.2) is 52.0 Å². The Bertz CT molecular complexity index is 1650. The molecule has 3 aromatic rings. The molecule has 1 atom stereocenters. The number of ether oxygens (including phenoxy) is 1. The maximum absolute atomic E-state index is 14.5. The first-order valence-corrected chi connectivity index (χ1v) is 15.2. The molecule has 1 aromatic heterocycles. The highest BCUT2D eigenvalue weighted by Crippen LogP contribution is 2.35. The van der Waals surface area contributed by atoms with Crippen molar-refractivity contribution >= 4 is 35.2 Å². The highest BCUT2D eigenvalue weighted by atomic mass is 32.2. The third-order valence-corrected chi connectivity index (χ3v) is 9.51. The lowest BCUT2D eigenvalue weighted by molar-refractivity contribution is -0.136. The van der Waals surface area contributed by atoms with Crippen molar-refractivity contribution in [1.29, 1.82) is 5.26 Å². The minimum atomic E-state index is -0.675. The number of pyridine rings is 1. The Kier molecular flexibility index (Phi) is 8.04. The van der Waals surface area contributed by atoms with Gasteiger partial charge in [-0.2, -0.15) is 5.26 Å². The number of nitrogens with one attached hydrogen (secondary N) is 1. The zero-order valence-electron chi connectivity index (χ0n) is 23.6. The molecule has 9 nitrogen and oxygen atoms in total. The van der Waals surface area contributed by atoms with Gasteiger partial charge >= 0.3 is 0 Å². The van der Waals surface area contributed by atoms with Crippen molar-refractivity contribution < 1.29 is 23.5 Å². The van der Waals surface area contributed by atoms with Gasteiger partial charge in [0.15, 0.2) is 0 Å². The van der Waals surface area contributed by atoms with E-state index in [0.717, 1.165) is 47.8 Å². The highest BCUT2D eigenvalue weighted by molar-refractivity contribution is 7.99. The largest absolute Gasteiger partial charge is 0.488 e. The minimum absolute atomic E-state index is 0.207. The monoisotopic (exact) mass is 599 g/mol. The maximum Gasteiger partial charge on any atom is 0.255 e. The predicted octanol–water partition coefficient (Wildman–Crippen LogP) is 4.50. The van der Waals surface area contributed by atoms with Gasteiger partial charge in [0.1, 0.15) is 24.2 Å². The van der Waals surface area contributed by atoms with Crippen molar-refractivity contribution in [3.05, 3.63) is 82.3 Å². The van der Waals surface area contributed by atoms with E-state index in [1.807, 2.05) is 36.1 Å². The quantitative estimate of drug-likeness (QED) is 0.395. The number of carbonyl (C=O) groups is 3. The summed E-state index contributed by atoms with van der Waals surface area (Å²) in [7, 11) is 0. The van der Waals surface area contributed by atoms with Gasteiger partial charge in [0.2, 0.25) is 11.8 Å². The van der Waals surface area contributed by atoms with Crippen molar-refractivity contribution in [2.75, 3.05) is 18.0 Å². The number of hydrogen-bond acceptors (Lipinski definition) is 8. The molecule has 1 unspecified atom stereocenters. The summed E-state index contributed by atoms with van der Waals surface area (Å²) in [6, 6.07) is 15.3. The Balaban J connectivity index is 1.05. The number of nitriles is 1. The first-order valence-electron chi connectivity index (χ1n) is 14.3. The zero-order valence-corrected chi connectivity index (χ0v) is 24.5. The number of anilines is 1. The molecule has 2 fully saturated rings. The summed E-state index contributed by atoms with van der Waals surface area (Å²) in [5.74, 6) is -0.764. The first-order chi connectivity index (χ1) is 20.8. The van der Waals surface area contributed by atoms with Crippen LogP contribution in [-0.2, 0) is 22.7 Å². The summed E-state index contributed by atoms with van der Waals surface area (Å²) >= 11 is 1.73. The van der Waals surface area contributed by atoms with Crippen LogP contribution in [0.4, 0.5) is 10.1 Å². The van der Waals surface area contributed by atoms with Gasteiger partial charge in [-0.05, 0) is 62.6 Å². The average Bonchev–Trinajstić information content (AvgIpc) is 3.33. The molecule has 3 aliphatic rings. The topological polar surface area (TPSA) is 116 Å². The van der Waals surface area contributed by atoms with Gasteiger partial charge in [-0.1, -0.05) is 12.1 Å². The van der Waals surface area contributed by atoms with Crippen molar-refractivity contribution in [1.82, 2.24) is 15.2 Å². The first kappa shape index (κ1) is 28.7. The summed E-state index contributed by atoms with van der Waals surface area (Å²) in [6.07, 6.45) is 2.30. The van der Waals surface area contributed by atoms with E-state index in [2.05, 4.69) is 5.32 Å². The molecule has 6 rings (SSSR count). The third-order valence-electron chi connectivity index (χ3n) is 8.24. The third kappa shape index (κ3) is 5.92. The lowest BCUT2D eigenvalue weighted by Gasteiger charge is -2.33. The van der Waals surface area contributed by atoms with Crippen LogP contribution in [0.1, 0.15) is 58.4 Å². The predicted molar refractivity (Wildman–Crippen MR) is 158 cm³/mol. The van der Waals surface area contributed by atoms with Gasteiger partial charge < -0.3 is 14.5 Å². The number of amides is 3. The molecule has 11 heteroatoms. The molecule has 0 saturated carbocycles. The number of benzene rings is 2. The fourth-order valence-corrected chi connectivity index (χ4v) is 6.98. The van der Waals surface area contributed by atoms with Crippen molar-refractivity contribution in [3.63, 3.8) is 0 Å². The lowest BCUT2D eigenvalue weighted by Crippen LogP contribution is -2.52. The van der Waals surface area contributed by atoms with Crippen LogP contribution in [0, 0.1) is 24.1 Å². The second-order valence-electron chi connectivity index (χ2n) is 10.9. The second-order valence-corrected chi connectivity index (χ2v) is 12.3. The fourth-order valence-electron chi connectivity index (χ4n) is 5.85. The number of imide groups is 1. The summed E-state index contributed by atoms with van der Waals surface area (Å²) in [6.45, 7) is 3.94. The van der Waals surface area contributed by atoms with Gasteiger partial charge in [-0.25, -0.2) is 9.37 Å². The molecular weight excluding hydrogens is 569 g/mol. The fraction of sp³-hybridized carbons (Fsp3) is 0.344. The summed E-state index contributed by atoms with van der Waals surface area (Å²) in [5.41, 5.74) is 3.90. The average molecular weight is 600 g/mol. The van der Waals surface area contributed by atoms with E-state index in [4.69, 9.17) is 15.0 Å². The van der Waals surface area contributed by atoms with Crippen LogP contribution in [0.15, 0.2) is 53.6 Å². The molecule has 2 saturated heterocycles. The number of aromatic nitrogens is 1. The SMILES string of the molecule is Cc1nc(SC2CCN(c3ccc(C#N)cc3F)CC2)ccc1COc1cccc2c1CN(C1CCC(=O)NC1=O)C2=O. The molecule has 220 valence electrons. The van der Waals surface area contributed by atoms with E-state index in [-0.39, 0.29) is 37.2 Å². The summed E-state index contributed by atoms with van der Waals surface area (Å²) < 4.78 is 20.6. The molecule has 4 heterocycles. The van der Waals surface area contributed by atoms with E-state index >= 15 is 0 Å². The Morgan fingerprint density at radius 1 is 1.12 bits per heavy atom. The normalized spacial score (nSPS) is 18.8. The van der Waals surface area contributed by atoms with Gasteiger partial charge in [-0.15, -0.1) is 11.8 Å². The van der Waals surface area contributed by atoms with Crippen LogP contribution in [0.2, 0.25) is 0 Å². The molecule has 2 aromatic carbocycles. The van der Waals surface area contributed by atoms with Crippen LogP contribution in [0.3, 0.4) is 0 Å². The van der Waals surface area contributed by atoms with Crippen LogP contribution >= 0.6 is 11.8 Å². The van der Waals surface area contributed by atoms with E-state index in [0.29, 0.717) is 34.2 Å². The van der Waals surface area contributed by atoms with Crippen LogP contribution in [0.25, 0.3) is 0 Å². The van der Waals surface area contributed by atoms with E-state index in [1.54, 1.807) is 36.0 Å². The second kappa shape index (κ2) is 12.1. The number of thioether (sulfide) groups is 1. The molecular formula is C32H30FN5O4S. The zero-order chi connectivity index (χ0) is 30.1. The number of rotatable bonds is 7. The Labute approximate surface area is 253 Å². The van der Waals surface area contributed by atoms with E-state index in [9.17, 15) is 18.8 Å². The Morgan fingerprint density at radius 3 is 2.65 bits per heavy atom. The lowest BCUT2D eigenvalue weighted by atomic mass is 10.0. The molecule has 3 aliphatic heterocycles. The van der Waals surface area contributed by atoms with Gasteiger partial charge in [0.05, 0.1) is 28.9 Å². The molecule has 1 N–H and O–H groups in total. The maximum atomic E-state index is 14.5. The number of fused-ring (bicyclic) bond motifs is 1. The van der Waals surface area contributed by atoms with Gasteiger partial charge in [-0.3, -0.25) is 19.7 Å². The molecule has 43 heavy (non-hydrogen) atoms. The van der Waals surface area contributed by atoms with Crippen LogP contribution in [0.5, 0.6) is 5.75 Å². The van der Waals surface area contributed by atoms with Gasteiger partial charge in [0, 0.05) is 47.1 Å². The molecule has 0 radical (unpaired) electrons. The van der Waals surface area contributed by atoms with Crippen LogP contribution < -0.4 is 15.0 Å². The molecule has 0 spiro atoms. The number of piperidine rings is 2.